The van der Waals surface area contributed by atoms with Crippen molar-refractivity contribution in [3.63, 3.8) is 0 Å². The SMILES string of the molecule is FC(F)Sc1ccccc1NC1=NCCS1. The van der Waals surface area contributed by atoms with Gasteiger partial charge in [-0.05, 0) is 12.1 Å². The molecule has 0 aliphatic carbocycles. The number of halogens is 2. The van der Waals surface area contributed by atoms with Crippen molar-refractivity contribution < 1.29 is 8.78 Å². The van der Waals surface area contributed by atoms with Gasteiger partial charge in [0.05, 0.1) is 12.2 Å². The molecule has 86 valence electrons. The van der Waals surface area contributed by atoms with Crippen LogP contribution in [0.25, 0.3) is 0 Å². The summed E-state index contributed by atoms with van der Waals surface area (Å²) in [5, 5.41) is 3.88. The molecule has 0 saturated carbocycles. The van der Waals surface area contributed by atoms with E-state index in [4.69, 9.17) is 0 Å². The Morgan fingerprint density at radius 3 is 2.88 bits per heavy atom. The molecule has 1 aliphatic rings. The number of para-hydroxylation sites is 1. The lowest BCUT2D eigenvalue weighted by Crippen LogP contribution is -2.06. The molecular formula is C10H10F2N2S2. The quantitative estimate of drug-likeness (QED) is 0.842. The summed E-state index contributed by atoms with van der Waals surface area (Å²) in [5.74, 6) is -1.45. The molecule has 1 N–H and O–H groups in total. The second kappa shape index (κ2) is 5.54. The topological polar surface area (TPSA) is 24.4 Å². The first-order chi connectivity index (χ1) is 7.75. The largest absolute Gasteiger partial charge is 0.334 e. The van der Waals surface area contributed by atoms with Crippen molar-refractivity contribution in [1.29, 1.82) is 0 Å². The van der Waals surface area contributed by atoms with Gasteiger partial charge < -0.3 is 5.32 Å². The number of alkyl halides is 2. The molecule has 2 nitrogen and oxygen atoms in total. The van der Waals surface area contributed by atoms with E-state index in [0.717, 1.165) is 17.5 Å². The van der Waals surface area contributed by atoms with Crippen LogP contribution in [0, 0.1) is 0 Å². The standard InChI is InChI=1S/C10H10F2N2S2/c11-9(12)16-8-4-2-1-3-7(8)14-10-13-5-6-15-10/h1-4,9H,5-6H2,(H,13,14). The molecule has 1 aromatic rings. The first-order valence-electron chi connectivity index (χ1n) is 4.74. The lowest BCUT2D eigenvalue weighted by molar-refractivity contribution is 0.252. The van der Waals surface area contributed by atoms with E-state index in [9.17, 15) is 8.78 Å². The van der Waals surface area contributed by atoms with Crippen LogP contribution in [-0.4, -0.2) is 23.2 Å². The van der Waals surface area contributed by atoms with Gasteiger partial charge in [-0.3, -0.25) is 4.99 Å². The predicted molar refractivity (Wildman–Crippen MR) is 66.7 cm³/mol. The highest BCUT2D eigenvalue weighted by Crippen LogP contribution is 2.32. The van der Waals surface area contributed by atoms with E-state index in [-0.39, 0.29) is 0 Å². The van der Waals surface area contributed by atoms with Crippen LogP contribution in [0.3, 0.4) is 0 Å². The molecule has 0 fully saturated rings. The fourth-order valence-electron chi connectivity index (χ4n) is 1.29. The number of aliphatic imine (C=N–C) groups is 1. The lowest BCUT2D eigenvalue weighted by atomic mass is 10.3. The van der Waals surface area contributed by atoms with Gasteiger partial charge >= 0.3 is 0 Å². The van der Waals surface area contributed by atoms with Crippen molar-refractivity contribution >= 4 is 34.4 Å². The van der Waals surface area contributed by atoms with Crippen LogP contribution in [0.1, 0.15) is 0 Å². The van der Waals surface area contributed by atoms with E-state index in [1.165, 1.54) is 0 Å². The maximum Gasteiger partial charge on any atom is 0.288 e. The minimum absolute atomic E-state index is 0.548. The predicted octanol–water partition coefficient (Wildman–Crippen LogP) is 3.52. The smallest absolute Gasteiger partial charge is 0.288 e. The van der Waals surface area contributed by atoms with Crippen LogP contribution >= 0.6 is 23.5 Å². The van der Waals surface area contributed by atoms with Crippen LogP contribution in [0.5, 0.6) is 0 Å². The molecule has 0 amide bonds. The molecule has 2 rings (SSSR count). The highest BCUT2D eigenvalue weighted by Gasteiger charge is 2.12. The van der Waals surface area contributed by atoms with E-state index < -0.39 is 5.76 Å². The molecule has 1 aromatic carbocycles. The van der Waals surface area contributed by atoms with Crippen molar-refractivity contribution in [2.75, 3.05) is 17.6 Å². The highest BCUT2D eigenvalue weighted by atomic mass is 32.2. The Morgan fingerprint density at radius 1 is 1.38 bits per heavy atom. The third kappa shape index (κ3) is 3.12. The molecular weight excluding hydrogens is 250 g/mol. The third-order valence-corrected chi connectivity index (χ3v) is 3.61. The molecule has 0 saturated heterocycles. The highest BCUT2D eigenvalue weighted by molar-refractivity contribution is 8.14. The maximum atomic E-state index is 12.3. The molecule has 0 spiro atoms. The van der Waals surface area contributed by atoms with Crippen molar-refractivity contribution in [3.8, 4) is 0 Å². The van der Waals surface area contributed by atoms with Crippen molar-refractivity contribution in [1.82, 2.24) is 0 Å². The number of nitrogens with zero attached hydrogens (tertiary/aromatic N) is 1. The van der Waals surface area contributed by atoms with Gasteiger partial charge in [-0.1, -0.05) is 35.7 Å². The van der Waals surface area contributed by atoms with Gasteiger partial charge in [-0.25, -0.2) is 0 Å². The fourth-order valence-corrected chi connectivity index (χ4v) is 2.63. The molecule has 6 heteroatoms. The zero-order valence-corrected chi connectivity index (χ0v) is 9.95. The van der Waals surface area contributed by atoms with Crippen LogP contribution in [0.15, 0.2) is 34.2 Å². The summed E-state index contributed by atoms with van der Waals surface area (Å²) in [6.07, 6.45) is 0. The number of amidine groups is 1. The summed E-state index contributed by atoms with van der Waals surface area (Å²) in [6, 6.07) is 7.03. The van der Waals surface area contributed by atoms with E-state index >= 15 is 0 Å². The van der Waals surface area contributed by atoms with Gasteiger partial charge in [0.25, 0.3) is 5.76 Å². The number of thioether (sulfide) groups is 2. The maximum absolute atomic E-state index is 12.3. The van der Waals surface area contributed by atoms with Gasteiger partial charge in [-0.15, -0.1) is 0 Å². The minimum atomic E-state index is -2.40. The number of nitrogens with one attached hydrogen (secondary N) is 1. The number of rotatable bonds is 3. The number of hydrogen-bond acceptors (Lipinski definition) is 4. The minimum Gasteiger partial charge on any atom is -0.334 e. The number of hydrogen-bond donors (Lipinski definition) is 1. The van der Waals surface area contributed by atoms with E-state index in [0.29, 0.717) is 22.3 Å². The molecule has 1 heterocycles. The lowest BCUT2D eigenvalue weighted by Gasteiger charge is -2.10. The monoisotopic (exact) mass is 260 g/mol. The van der Waals surface area contributed by atoms with Crippen molar-refractivity contribution in [2.45, 2.75) is 10.7 Å². The second-order valence-electron chi connectivity index (χ2n) is 3.03. The summed E-state index contributed by atoms with van der Waals surface area (Å²) in [5.41, 5.74) is 0.695. The van der Waals surface area contributed by atoms with Crippen LogP contribution in [0.2, 0.25) is 0 Å². The first-order valence-corrected chi connectivity index (χ1v) is 6.60. The Balaban J connectivity index is 2.12. The van der Waals surface area contributed by atoms with Crippen LogP contribution in [0.4, 0.5) is 14.5 Å². The molecule has 0 aromatic heterocycles. The summed E-state index contributed by atoms with van der Waals surface area (Å²) in [6.45, 7) is 0.789. The summed E-state index contributed by atoms with van der Waals surface area (Å²) in [7, 11) is 0. The Kier molecular flexibility index (Phi) is 4.06. The summed E-state index contributed by atoms with van der Waals surface area (Å²) in [4.78, 5) is 4.77. The van der Waals surface area contributed by atoms with Gasteiger partial charge in [0.1, 0.15) is 0 Å². The van der Waals surface area contributed by atoms with Crippen molar-refractivity contribution in [3.05, 3.63) is 24.3 Å². The van der Waals surface area contributed by atoms with E-state index in [1.807, 2.05) is 6.07 Å². The van der Waals surface area contributed by atoms with Gasteiger partial charge in [0.15, 0.2) is 5.17 Å². The number of benzene rings is 1. The molecule has 0 atom stereocenters. The van der Waals surface area contributed by atoms with Gasteiger partial charge in [0, 0.05) is 10.6 Å². The Bertz CT molecular complexity index is 396. The third-order valence-electron chi connectivity index (χ3n) is 1.93. The normalized spacial score (nSPS) is 15.3. The molecule has 0 unspecified atom stereocenters. The van der Waals surface area contributed by atoms with Crippen LogP contribution in [-0.2, 0) is 0 Å². The van der Waals surface area contributed by atoms with E-state index in [1.54, 1.807) is 30.0 Å². The fraction of sp³-hybridized carbons (Fsp3) is 0.300. The van der Waals surface area contributed by atoms with Gasteiger partial charge in [-0.2, -0.15) is 8.78 Å². The molecule has 0 bridgehead atoms. The van der Waals surface area contributed by atoms with E-state index in [2.05, 4.69) is 10.3 Å². The Morgan fingerprint density at radius 2 is 2.19 bits per heavy atom. The van der Waals surface area contributed by atoms with Crippen LogP contribution < -0.4 is 5.32 Å². The van der Waals surface area contributed by atoms with Gasteiger partial charge in [0.2, 0.25) is 0 Å². The summed E-state index contributed by atoms with van der Waals surface area (Å²) >= 11 is 2.16. The molecule has 0 radical (unpaired) electrons. The Labute approximate surface area is 101 Å². The average molecular weight is 260 g/mol. The van der Waals surface area contributed by atoms with Crippen molar-refractivity contribution in [2.24, 2.45) is 4.99 Å². The summed E-state index contributed by atoms with van der Waals surface area (Å²) < 4.78 is 24.6. The molecule has 16 heavy (non-hydrogen) atoms. The number of anilines is 1. The zero-order valence-electron chi connectivity index (χ0n) is 8.32. The Hall–Kier alpha value is -0.750. The average Bonchev–Trinajstić information content (AvgIpc) is 2.73. The molecule has 1 aliphatic heterocycles. The zero-order chi connectivity index (χ0) is 11.4. The second-order valence-corrected chi connectivity index (χ2v) is 5.15. The first kappa shape index (κ1) is 11.7.